The van der Waals surface area contributed by atoms with Crippen molar-refractivity contribution in [2.24, 2.45) is 10.6 Å². The van der Waals surface area contributed by atoms with E-state index >= 15 is 0 Å². The largest absolute Gasteiger partial charge is 0.383 e. The molecular weight excluding hydrogens is 262 g/mol. The highest BCUT2D eigenvalue weighted by Crippen LogP contribution is 2.35. The number of ether oxygens (including phenoxy) is 1. The molecule has 0 atom stereocenters. The fraction of sp³-hybridized carbons (Fsp3) is 0.857. The van der Waals surface area contributed by atoms with Crippen molar-refractivity contribution in [1.82, 2.24) is 0 Å². The van der Waals surface area contributed by atoms with Crippen molar-refractivity contribution in [3.8, 4) is 0 Å². The number of rotatable bonds is 9. The quantitative estimate of drug-likeness (QED) is 0.653. The number of ketones is 2. The Morgan fingerprint density at radius 1 is 1.05 bits per heavy atom. The molecule has 0 aromatic rings. The molecule has 0 radical (unpaired) electrons. The van der Waals surface area contributed by atoms with Gasteiger partial charge in [0.25, 0.3) is 0 Å². The second-order valence-corrected chi connectivity index (χ2v) is 6.43. The van der Waals surface area contributed by atoms with Gasteiger partial charge >= 0.3 is 0 Å². The van der Waals surface area contributed by atoms with Gasteiger partial charge in [-0.1, -0.05) is 19.0 Å². The van der Waals surface area contributed by atoms with E-state index < -0.39 is 23.2 Å². The molecule has 1 N–H and O–H groups in total. The zero-order valence-electron chi connectivity index (χ0n) is 13.1. The maximum Gasteiger partial charge on any atom is 0.166 e. The lowest BCUT2D eigenvalue weighted by Gasteiger charge is -2.39. The monoisotopic (exact) mass is 287 g/mol. The van der Waals surface area contributed by atoms with E-state index in [0.717, 1.165) is 0 Å². The van der Waals surface area contributed by atoms with Gasteiger partial charge in [0.2, 0.25) is 0 Å². The molecule has 0 aromatic heterocycles. The average Bonchev–Trinajstić information content (AvgIpc) is 2.27. The van der Waals surface area contributed by atoms with Crippen molar-refractivity contribution in [3.63, 3.8) is 0 Å². The van der Waals surface area contributed by atoms with Crippen LogP contribution in [0.25, 0.3) is 0 Å². The van der Waals surface area contributed by atoms with Crippen molar-refractivity contribution in [2.45, 2.75) is 59.2 Å². The molecule has 0 bridgehead atoms. The lowest BCUT2D eigenvalue weighted by atomic mass is 9.73. The van der Waals surface area contributed by atoms with E-state index in [4.69, 9.17) is 4.74 Å². The lowest BCUT2D eigenvalue weighted by molar-refractivity contribution is -0.150. The molecule has 0 heterocycles. The van der Waals surface area contributed by atoms with E-state index in [0.29, 0.717) is 0 Å². The number of carbonyl (C=O) groups excluding carboxylic acids is 2. The van der Waals surface area contributed by atoms with E-state index in [2.05, 4.69) is 5.18 Å². The number of nitrogens with zero attached hydrogens (tertiary/aromatic N) is 1. The SMILES string of the molecule is CC(C)(O)C(=O)CCOC(C)(C)C(C)(C)C(=O)CN=O. The first-order valence-corrected chi connectivity index (χ1v) is 6.58. The summed E-state index contributed by atoms with van der Waals surface area (Å²) in [4.78, 5) is 33.7. The van der Waals surface area contributed by atoms with Crippen molar-refractivity contribution >= 4 is 11.6 Å². The molecule has 20 heavy (non-hydrogen) atoms. The predicted octanol–water partition coefficient (Wildman–Crippen LogP) is 1.87. The summed E-state index contributed by atoms with van der Waals surface area (Å²) in [5, 5.41) is 12.1. The Kier molecular flexibility index (Phi) is 6.17. The molecule has 0 amide bonds. The second kappa shape index (κ2) is 6.54. The number of aliphatic hydroxyl groups is 1. The Labute approximate surface area is 119 Å². The zero-order valence-corrected chi connectivity index (χ0v) is 13.1. The average molecular weight is 287 g/mol. The van der Waals surface area contributed by atoms with Crippen LogP contribution in [0.5, 0.6) is 0 Å². The number of hydrogen-bond donors (Lipinski definition) is 1. The third-order valence-corrected chi connectivity index (χ3v) is 3.88. The fourth-order valence-electron chi connectivity index (χ4n) is 1.48. The molecule has 0 saturated carbocycles. The van der Waals surface area contributed by atoms with Crippen LogP contribution in [0.4, 0.5) is 0 Å². The van der Waals surface area contributed by atoms with Crippen molar-refractivity contribution in [1.29, 1.82) is 0 Å². The molecule has 0 aromatic carbocycles. The molecule has 0 rings (SSSR count). The van der Waals surface area contributed by atoms with E-state index in [1.807, 2.05) is 0 Å². The van der Waals surface area contributed by atoms with E-state index in [1.54, 1.807) is 27.7 Å². The smallest absolute Gasteiger partial charge is 0.166 e. The number of nitroso groups, excluding NO2 is 1. The molecule has 0 unspecified atom stereocenters. The van der Waals surface area contributed by atoms with Gasteiger partial charge in [-0.05, 0) is 27.7 Å². The zero-order chi connectivity index (χ0) is 16.2. The maximum absolute atomic E-state index is 11.9. The van der Waals surface area contributed by atoms with Crippen LogP contribution >= 0.6 is 0 Å². The summed E-state index contributed by atoms with van der Waals surface area (Å²) in [6, 6.07) is 0. The second-order valence-electron chi connectivity index (χ2n) is 6.43. The lowest BCUT2D eigenvalue weighted by Crippen LogP contribution is -2.48. The van der Waals surface area contributed by atoms with Gasteiger partial charge in [-0.3, -0.25) is 9.59 Å². The fourth-order valence-corrected chi connectivity index (χ4v) is 1.48. The minimum atomic E-state index is -1.39. The summed E-state index contributed by atoms with van der Waals surface area (Å²) in [6.07, 6.45) is 0.0587. The van der Waals surface area contributed by atoms with Crippen LogP contribution < -0.4 is 0 Å². The van der Waals surface area contributed by atoms with Gasteiger partial charge in [0, 0.05) is 6.42 Å². The standard InChI is InChI=1S/C14H25NO5/c1-12(2,11(17)9-15-19)14(5,6)20-8-7-10(16)13(3,4)18/h18H,7-9H2,1-6H3. The van der Waals surface area contributed by atoms with Gasteiger partial charge in [-0.15, -0.1) is 0 Å². The van der Waals surface area contributed by atoms with Crippen LogP contribution in [-0.2, 0) is 14.3 Å². The first-order valence-electron chi connectivity index (χ1n) is 6.58. The third-order valence-electron chi connectivity index (χ3n) is 3.88. The Morgan fingerprint density at radius 3 is 1.95 bits per heavy atom. The summed E-state index contributed by atoms with van der Waals surface area (Å²) in [5.74, 6) is -0.640. The van der Waals surface area contributed by atoms with Crippen molar-refractivity contribution < 1.29 is 19.4 Å². The Hall–Kier alpha value is -1.14. The molecule has 6 nitrogen and oxygen atoms in total. The van der Waals surface area contributed by atoms with Crippen molar-refractivity contribution in [3.05, 3.63) is 4.91 Å². The Morgan fingerprint density at radius 2 is 1.55 bits per heavy atom. The molecule has 0 spiro atoms. The minimum absolute atomic E-state index is 0.0587. The van der Waals surface area contributed by atoms with E-state index in [9.17, 15) is 19.6 Å². The molecule has 0 aliphatic heterocycles. The highest BCUT2D eigenvalue weighted by Gasteiger charge is 2.44. The summed E-state index contributed by atoms with van der Waals surface area (Å²) in [7, 11) is 0. The highest BCUT2D eigenvalue weighted by atomic mass is 16.5. The van der Waals surface area contributed by atoms with Crippen LogP contribution in [0.1, 0.15) is 48.0 Å². The van der Waals surface area contributed by atoms with Crippen LogP contribution in [0, 0.1) is 10.3 Å². The Bertz CT molecular complexity index is 380. The number of hydrogen-bond acceptors (Lipinski definition) is 6. The van der Waals surface area contributed by atoms with Gasteiger partial charge in [0.1, 0.15) is 12.1 Å². The van der Waals surface area contributed by atoms with Gasteiger partial charge in [0.05, 0.1) is 17.6 Å². The maximum atomic E-state index is 11.9. The third kappa shape index (κ3) is 4.76. The van der Waals surface area contributed by atoms with Gasteiger partial charge in [-0.25, -0.2) is 0 Å². The van der Waals surface area contributed by atoms with Crippen LogP contribution in [0.3, 0.4) is 0 Å². The van der Waals surface area contributed by atoms with Crippen LogP contribution in [0.15, 0.2) is 5.18 Å². The van der Waals surface area contributed by atoms with Crippen LogP contribution in [-0.4, -0.2) is 41.0 Å². The van der Waals surface area contributed by atoms with Crippen LogP contribution in [0.2, 0.25) is 0 Å². The highest BCUT2D eigenvalue weighted by molar-refractivity contribution is 5.87. The summed E-state index contributed by atoms with van der Waals surface area (Å²) >= 11 is 0. The first-order chi connectivity index (χ1) is 8.86. The van der Waals surface area contributed by atoms with Gasteiger partial charge in [0.15, 0.2) is 11.6 Å². The molecule has 0 fully saturated rings. The van der Waals surface area contributed by atoms with E-state index in [1.165, 1.54) is 13.8 Å². The molecule has 0 aliphatic rings. The summed E-state index contributed by atoms with van der Waals surface area (Å²) < 4.78 is 5.63. The molecule has 0 saturated heterocycles. The number of Topliss-reactive ketones (excluding diaryl/α,β-unsaturated/α-hetero) is 2. The minimum Gasteiger partial charge on any atom is -0.383 e. The summed E-state index contributed by atoms with van der Waals surface area (Å²) in [5.41, 5.74) is -3.15. The molecule has 0 aliphatic carbocycles. The topological polar surface area (TPSA) is 93.0 Å². The van der Waals surface area contributed by atoms with E-state index in [-0.39, 0.29) is 24.6 Å². The molecular formula is C14H25NO5. The predicted molar refractivity (Wildman–Crippen MR) is 75.4 cm³/mol. The number of carbonyl (C=O) groups is 2. The Balaban J connectivity index is 4.63. The van der Waals surface area contributed by atoms with Crippen molar-refractivity contribution in [2.75, 3.05) is 13.2 Å². The van der Waals surface area contributed by atoms with Gasteiger partial charge < -0.3 is 9.84 Å². The summed E-state index contributed by atoms with van der Waals surface area (Å²) in [6.45, 7) is 9.35. The molecule has 116 valence electrons. The first kappa shape index (κ1) is 18.9. The normalized spacial score (nSPS) is 13.2. The molecule has 6 heteroatoms. The van der Waals surface area contributed by atoms with Gasteiger partial charge in [-0.2, -0.15) is 4.91 Å².